The van der Waals surface area contributed by atoms with Crippen LogP contribution in [0.1, 0.15) is 32.6 Å². The molecule has 0 aromatic heterocycles. The molecule has 2 rings (SSSR count). The molecule has 0 aliphatic carbocycles. The van der Waals surface area contributed by atoms with Crippen molar-refractivity contribution in [3.63, 3.8) is 0 Å². The highest BCUT2D eigenvalue weighted by Gasteiger charge is 2.42. The van der Waals surface area contributed by atoms with Crippen LogP contribution in [0, 0.1) is 0 Å². The summed E-state index contributed by atoms with van der Waals surface area (Å²) in [6, 6.07) is 0.787. The third-order valence-corrected chi connectivity index (χ3v) is 3.31. The van der Waals surface area contributed by atoms with Crippen LogP contribution < -0.4 is 5.32 Å². The number of piperazine rings is 1. The molecule has 2 heterocycles. The van der Waals surface area contributed by atoms with E-state index in [0.29, 0.717) is 5.54 Å². The van der Waals surface area contributed by atoms with Crippen molar-refractivity contribution in [3.05, 3.63) is 0 Å². The fourth-order valence-corrected chi connectivity index (χ4v) is 3.00. The fraction of sp³-hybridized carbons (Fsp3) is 1.00. The number of likely N-dealkylation sites (tertiary alicyclic amines) is 1. The minimum atomic E-state index is 0.492. The second-order valence-electron chi connectivity index (χ2n) is 4.61. The molecule has 2 unspecified atom stereocenters. The number of likely N-dealkylation sites (N-methyl/N-ethyl adjacent to an activating group) is 1. The maximum Gasteiger partial charge on any atom is 0.0312 e. The molecule has 0 aromatic carbocycles. The van der Waals surface area contributed by atoms with E-state index in [4.69, 9.17) is 0 Å². The molecule has 2 nitrogen and oxygen atoms in total. The van der Waals surface area contributed by atoms with Gasteiger partial charge in [-0.25, -0.2) is 0 Å². The van der Waals surface area contributed by atoms with Crippen molar-refractivity contribution in [1.82, 2.24) is 10.2 Å². The predicted octanol–water partition coefficient (Wildman–Crippen LogP) is 1.22. The lowest BCUT2D eigenvalue weighted by Crippen LogP contribution is -2.58. The van der Waals surface area contributed by atoms with Crippen LogP contribution >= 0.6 is 0 Å². The molecule has 12 heavy (non-hydrogen) atoms. The largest absolute Gasteiger partial charge is 0.306 e. The summed E-state index contributed by atoms with van der Waals surface area (Å²) in [6.07, 6.45) is 5.46. The summed E-state index contributed by atoms with van der Waals surface area (Å²) < 4.78 is 0. The lowest BCUT2D eigenvalue weighted by Gasteiger charge is -2.39. The summed E-state index contributed by atoms with van der Waals surface area (Å²) in [7, 11) is 2.25. The van der Waals surface area contributed by atoms with Crippen molar-refractivity contribution in [2.45, 2.75) is 44.2 Å². The van der Waals surface area contributed by atoms with E-state index in [0.717, 1.165) is 6.04 Å². The Kier molecular flexibility index (Phi) is 2.13. The first-order valence-corrected chi connectivity index (χ1v) is 5.20. The highest BCUT2D eigenvalue weighted by molar-refractivity contribution is 5.03. The van der Waals surface area contributed by atoms with Gasteiger partial charge in [0.15, 0.2) is 0 Å². The average molecular weight is 168 g/mol. The van der Waals surface area contributed by atoms with Crippen LogP contribution in [0.15, 0.2) is 0 Å². The molecule has 0 amide bonds. The summed E-state index contributed by atoms with van der Waals surface area (Å²) in [5.74, 6) is 0. The van der Waals surface area contributed by atoms with Gasteiger partial charge in [0.05, 0.1) is 0 Å². The molecular formula is C10H20N2. The van der Waals surface area contributed by atoms with Crippen LogP contribution in [-0.4, -0.2) is 36.6 Å². The van der Waals surface area contributed by atoms with E-state index in [2.05, 4.69) is 24.2 Å². The molecule has 0 spiro atoms. The first-order chi connectivity index (χ1) is 5.74. The van der Waals surface area contributed by atoms with E-state index >= 15 is 0 Å². The second kappa shape index (κ2) is 3.00. The summed E-state index contributed by atoms with van der Waals surface area (Å²) in [6.45, 7) is 4.81. The molecule has 2 aliphatic rings. The molecule has 0 saturated carbocycles. The number of nitrogens with one attached hydrogen (secondary N) is 1. The molecule has 1 N–H and O–H groups in total. The van der Waals surface area contributed by atoms with Crippen LogP contribution in [0.25, 0.3) is 0 Å². The molecule has 2 saturated heterocycles. The van der Waals surface area contributed by atoms with Crippen molar-refractivity contribution in [3.8, 4) is 0 Å². The van der Waals surface area contributed by atoms with Gasteiger partial charge in [0, 0.05) is 24.7 Å². The quantitative estimate of drug-likeness (QED) is 0.667. The Morgan fingerprint density at radius 1 is 1.58 bits per heavy atom. The lowest BCUT2D eigenvalue weighted by atomic mass is 9.91. The van der Waals surface area contributed by atoms with E-state index in [1.54, 1.807) is 0 Å². The van der Waals surface area contributed by atoms with Gasteiger partial charge in [-0.1, -0.05) is 13.3 Å². The van der Waals surface area contributed by atoms with Crippen molar-refractivity contribution in [1.29, 1.82) is 0 Å². The third-order valence-electron chi connectivity index (χ3n) is 3.31. The Morgan fingerprint density at radius 2 is 2.42 bits per heavy atom. The van der Waals surface area contributed by atoms with Crippen LogP contribution in [0.4, 0.5) is 0 Å². The zero-order valence-electron chi connectivity index (χ0n) is 8.27. The van der Waals surface area contributed by atoms with Gasteiger partial charge < -0.3 is 10.2 Å². The van der Waals surface area contributed by atoms with Gasteiger partial charge in [0.2, 0.25) is 0 Å². The van der Waals surface area contributed by atoms with Crippen molar-refractivity contribution in [2.75, 3.05) is 20.1 Å². The zero-order chi connectivity index (χ0) is 8.60. The van der Waals surface area contributed by atoms with Crippen LogP contribution in [0.5, 0.6) is 0 Å². The molecule has 0 radical (unpaired) electrons. The third kappa shape index (κ3) is 1.38. The Balaban J connectivity index is 2.05. The van der Waals surface area contributed by atoms with Gasteiger partial charge in [-0.05, 0) is 26.3 Å². The van der Waals surface area contributed by atoms with Crippen LogP contribution in [0.2, 0.25) is 0 Å². The molecule has 2 fully saturated rings. The second-order valence-corrected chi connectivity index (χ2v) is 4.61. The highest BCUT2D eigenvalue weighted by atomic mass is 15.2. The topological polar surface area (TPSA) is 15.3 Å². The maximum absolute atomic E-state index is 3.79. The Bertz CT molecular complexity index is 165. The molecule has 70 valence electrons. The highest BCUT2D eigenvalue weighted by Crippen LogP contribution is 2.32. The van der Waals surface area contributed by atoms with Crippen LogP contribution in [-0.2, 0) is 0 Å². The van der Waals surface area contributed by atoms with Gasteiger partial charge in [0.25, 0.3) is 0 Å². The molecule has 2 atom stereocenters. The number of hydrogen-bond acceptors (Lipinski definition) is 2. The summed E-state index contributed by atoms with van der Waals surface area (Å²) in [5, 5.41) is 3.79. The number of hydrogen-bond donors (Lipinski definition) is 1. The monoisotopic (exact) mass is 168 g/mol. The van der Waals surface area contributed by atoms with E-state index in [-0.39, 0.29) is 0 Å². The standard InChI is InChI=1S/C10H20N2/c1-3-5-10-6-4-9(11-10)7-12(2)8-10/h9,11H,3-8H2,1-2H3. The van der Waals surface area contributed by atoms with E-state index in [9.17, 15) is 0 Å². The lowest BCUT2D eigenvalue weighted by molar-refractivity contribution is 0.157. The van der Waals surface area contributed by atoms with E-state index in [1.807, 2.05) is 0 Å². The molecule has 0 aromatic rings. The van der Waals surface area contributed by atoms with Gasteiger partial charge >= 0.3 is 0 Å². The Morgan fingerprint density at radius 3 is 3.17 bits per heavy atom. The SMILES string of the molecule is CCCC12CCC(CN(C)C1)N2. The average Bonchev–Trinajstić information content (AvgIpc) is 2.27. The molecule has 2 bridgehead atoms. The fourth-order valence-electron chi connectivity index (χ4n) is 3.00. The number of rotatable bonds is 2. The Labute approximate surface area is 75.3 Å². The summed E-state index contributed by atoms with van der Waals surface area (Å²) >= 11 is 0. The van der Waals surface area contributed by atoms with Crippen molar-refractivity contribution >= 4 is 0 Å². The molecule has 2 heteroatoms. The van der Waals surface area contributed by atoms with Gasteiger partial charge in [-0.3, -0.25) is 0 Å². The smallest absolute Gasteiger partial charge is 0.0312 e. The number of nitrogens with zero attached hydrogens (tertiary/aromatic N) is 1. The minimum Gasteiger partial charge on any atom is -0.306 e. The Hall–Kier alpha value is -0.0800. The van der Waals surface area contributed by atoms with E-state index < -0.39 is 0 Å². The van der Waals surface area contributed by atoms with Gasteiger partial charge in [-0.15, -0.1) is 0 Å². The normalized spacial score (nSPS) is 42.0. The summed E-state index contributed by atoms with van der Waals surface area (Å²) in [4.78, 5) is 2.49. The first-order valence-electron chi connectivity index (χ1n) is 5.20. The van der Waals surface area contributed by atoms with E-state index in [1.165, 1.54) is 38.8 Å². The van der Waals surface area contributed by atoms with Gasteiger partial charge in [-0.2, -0.15) is 0 Å². The first kappa shape index (κ1) is 8.52. The van der Waals surface area contributed by atoms with Crippen LogP contribution in [0.3, 0.4) is 0 Å². The minimum absolute atomic E-state index is 0.492. The predicted molar refractivity (Wildman–Crippen MR) is 51.3 cm³/mol. The van der Waals surface area contributed by atoms with Crippen molar-refractivity contribution < 1.29 is 0 Å². The molecule has 2 aliphatic heterocycles. The summed E-state index contributed by atoms with van der Waals surface area (Å²) in [5.41, 5.74) is 0.492. The number of fused-ring (bicyclic) bond motifs is 2. The maximum atomic E-state index is 3.79. The van der Waals surface area contributed by atoms with Gasteiger partial charge in [0.1, 0.15) is 0 Å². The molecular weight excluding hydrogens is 148 g/mol. The zero-order valence-corrected chi connectivity index (χ0v) is 8.27. The van der Waals surface area contributed by atoms with Crippen molar-refractivity contribution in [2.24, 2.45) is 0 Å².